The Balaban J connectivity index is 1.60. The van der Waals surface area contributed by atoms with Crippen molar-refractivity contribution < 1.29 is 4.79 Å². The maximum absolute atomic E-state index is 12.4. The van der Waals surface area contributed by atoms with Crippen molar-refractivity contribution in [1.29, 1.82) is 0 Å². The molecule has 0 bridgehead atoms. The highest BCUT2D eigenvalue weighted by molar-refractivity contribution is 6.30. The number of pyridine rings is 1. The van der Waals surface area contributed by atoms with Gasteiger partial charge in [0.1, 0.15) is 17.8 Å². The van der Waals surface area contributed by atoms with Crippen LogP contribution in [-0.4, -0.2) is 20.9 Å². The summed E-state index contributed by atoms with van der Waals surface area (Å²) in [4.78, 5) is 27.3. The molecule has 0 unspecified atom stereocenters. The van der Waals surface area contributed by atoms with Crippen LogP contribution in [0.25, 0.3) is 0 Å². The number of halogens is 1. The fourth-order valence-corrected chi connectivity index (χ4v) is 3.25. The van der Waals surface area contributed by atoms with Crippen LogP contribution in [0.15, 0.2) is 85.3 Å². The second-order valence-corrected chi connectivity index (χ2v) is 7.25. The van der Waals surface area contributed by atoms with Crippen molar-refractivity contribution in [2.24, 2.45) is 0 Å². The summed E-state index contributed by atoms with van der Waals surface area (Å²) >= 11 is 5.96. The lowest BCUT2D eigenvalue weighted by Crippen LogP contribution is -2.31. The largest absolute Gasteiger partial charge is 0.393 e. The number of nitrogens with one attached hydrogen (secondary N) is 2. The van der Waals surface area contributed by atoms with Gasteiger partial charge < -0.3 is 10.6 Å². The number of nitrogens with zero attached hydrogens (tertiary/aromatic N) is 4. The number of hydrogen-bond donors (Lipinski definition) is 3. The van der Waals surface area contributed by atoms with E-state index in [4.69, 9.17) is 17.3 Å². The predicted octanol–water partition coefficient (Wildman–Crippen LogP) is 4.20. The van der Waals surface area contributed by atoms with Crippen molar-refractivity contribution in [1.82, 2.24) is 20.4 Å². The molecule has 1 amide bonds. The van der Waals surface area contributed by atoms with Crippen LogP contribution in [0, 0.1) is 0 Å². The molecule has 0 radical (unpaired) electrons. The summed E-state index contributed by atoms with van der Waals surface area (Å²) in [5.74, 6) is 1.02. The van der Waals surface area contributed by atoms with Gasteiger partial charge in [0.2, 0.25) is 0 Å². The molecule has 0 aliphatic carbocycles. The van der Waals surface area contributed by atoms with Crippen LogP contribution in [0.2, 0.25) is 5.02 Å². The van der Waals surface area contributed by atoms with Crippen molar-refractivity contribution in [2.75, 3.05) is 16.1 Å². The van der Waals surface area contributed by atoms with Gasteiger partial charge in [0.15, 0.2) is 11.6 Å². The first-order chi connectivity index (χ1) is 15.6. The molecule has 2 aromatic carbocycles. The Morgan fingerprint density at radius 2 is 1.78 bits per heavy atom. The van der Waals surface area contributed by atoms with Crippen molar-refractivity contribution in [2.45, 2.75) is 6.54 Å². The third-order valence-electron chi connectivity index (χ3n) is 4.61. The molecule has 2 heterocycles. The monoisotopic (exact) mass is 445 g/mol. The van der Waals surface area contributed by atoms with E-state index in [1.807, 2.05) is 53.4 Å². The van der Waals surface area contributed by atoms with Crippen LogP contribution in [0.1, 0.15) is 15.9 Å². The van der Waals surface area contributed by atoms with Crippen LogP contribution >= 0.6 is 11.6 Å². The van der Waals surface area contributed by atoms with Gasteiger partial charge in [-0.1, -0.05) is 54.1 Å². The highest BCUT2D eigenvalue weighted by atomic mass is 35.5. The molecule has 32 heavy (non-hydrogen) atoms. The Labute approximate surface area is 190 Å². The zero-order valence-electron chi connectivity index (χ0n) is 16.9. The number of amides is 1. The fraction of sp³-hybridized carbons (Fsp3) is 0.0435. The number of nitrogens with two attached hydrogens (primary N) is 1. The number of hydrogen-bond acceptors (Lipinski definition) is 7. The Kier molecular flexibility index (Phi) is 6.43. The average molecular weight is 446 g/mol. The number of nitrogen functional groups attached to an aromatic ring is 1. The molecule has 9 heteroatoms. The molecule has 0 spiro atoms. The zero-order valence-corrected chi connectivity index (χ0v) is 17.7. The molecule has 0 saturated heterocycles. The molecule has 4 rings (SSSR count). The van der Waals surface area contributed by atoms with E-state index in [0.29, 0.717) is 28.8 Å². The topological polar surface area (TPSA) is 109 Å². The summed E-state index contributed by atoms with van der Waals surface area (Å²) in [6, 6.07) is 22.1. The van der Waals surface area contributed by atoms with Crippen LogP contribution in [-0.2, 0) is 6.54 Å². The first-order valence-electron chi connectivity index (χ1n) is 9.76. The Morgan fingerprint density at radius 3 is 2.53 bits per heavy atom. The van der Waals surface area contributed by atoms with E-state index in [9.17, 15) is 4.79 Å². The molecule has 0 fully saturated rings. The van der Waals surface area contributed by atoms with E-state index < -0.39 is 0 Å². The van der Waals surface area contributed by atoms with E-state index >= 15 is 0 Å². The summed E-state index contributed by atoms with van der Waals surface area (Å²) < 4.78 is 0. The lowest BCUT2D eigenvalue weighted by atomic mass is 10.2. The Bertz CT molecular complexity index is 1210. The number of carbonyl (C=O) groups is 1. The maximum Gasteiger partial charge on any atom is 0.269 e. The average Bonchev–Trinajstić information content (AvgIpc) is 2.83. The van der Waals surface area contributed by atoms with Gasteiger partial charge in [0.25, 0.3) is 5.91 Å². The molecule has 4 N–H and O–H groups in total. The van der Waals surface area contributed by atoms with Gasteiger partial charge >= 0.3 is 0 Å². The van der Waals surface area contributed by atoms with Crippen molar-refractivity contribution in [3.63, 3.8) is 0 Å². The van der Waals surface area contributed by atoms with E-state index in [-0.39, 0.29) is 17.4 Å². The van der Waals surface area contributed by atoms with Crippen molar-refractivity contribution >= 4 is 40.6 Å². The second kappa shape index (κ2) is 9.76. The van der Waals surface area contributed by atoms with Crippen molar-refractivity contribution in [3.05, 3.63) is 101 Å². The van der Waals surface area contributed by atoms with Gasteiger partial charge in [-0.25, -0.2) is 15.0 Å². The van der Waals surface area contributed by atoms with Gasteiger partial charge in [0.05, 0.1) is 6.54 Å². The third-order valence-corrected chi connectivity index (χ3v) is 4.84. The minimum absolute atomic E-state index is 0.263. The number of carbonyl (C=O) groups excluding carboxylic acids is 1. The summed E-state index contributed by atoms with van der Waals surface area (Å²) in [6.45, 7) is 0.493. The van der Waals surface area contributed by atoms with E-state index in [0.717, 1.165) is 5.56 Å². The normalized spacial score (nSPS) is 10.4. The molecule has 4 aromatic rings. The lowest BCUT2D eigenvalue weighted by molar-refractivity contribution is 0.0962. The molecule has 0 aliphatic heterocycles. The van der Waals surface area contributed by atoms with E-state index in [1.54, 1.807) is 30.5 Å². The third kappa shape index (κ3) is 4.93. The molecule has 0 atom stereocenters. The number of hydrazine groups is 1. The summed E-state index contributed by atoms with van der Waals surface area (Å²) in [6.07, 6.45) is 3.08. The van der Waals surface area contributed by atoms with E-state index in [2.05, 4.69) is 25.8 Å². The molecular formula is C23H20ClN7O. The summed E-state index contributed by atoms with van der Waals surface area (Å²) in [5, 5.41) is 0.466. The fourth-order valence-electron chi connectivity index (χ4n) is 3.06. The number of anilines is 4. The number of aromatic nitrogens is 3. The molecule has 0 saturated carbocycles. The highest BCUT2D eigenvalue weighted by Crippen LogP contribution is 2.31. The molecule has 8 nitrogen and oxygen atoms in total. The summed E-state index contributed by atoms with van der Waals surface area (Å²) in [7, 11) is 0. The number of benzene rings is 2. The first-order valence-corrected chi connectivity index (χ1v) is 10.1. The van der Waals surface area contributed by atoms with Crippen LogP contribution < -0.4 is 21.5 Å². The number of rotatable bonds is 7. The van der Waals surface area contributed by atoms with Gasteiger partial charge in [-0.15, -0.1) is 0 Å². The van der Waals surface area contributed by atoms with Gasteiger partial charge in [-0.3, -0.25) is 15.6 Å². The van der Waals surface area contributed by atoms with Gasteiger partial charge in [-0.2, -0.15) is 0 Å². The van der Waals surface area contributed by atoms with Crippen LogP contribution in [0.3, 0.4) is 0 Å². The quantitative estimate of drug-likeness (QED) is 0.366. The van der Waals surface area contributed by atoms with Crippen LogP contribution in [0.5, 0.6) is 0 Å². The predicted molar refractivity (Wildman–Crippen MR) is 126 cm³/mol. The molecular weight excluding hydrogens is 426 g/mol. The highest BCUT2D eigenvalue weighted by Gasteiger charge is 2.19. The smallest absolute Gasteiger partial charge is 0.269 e. The van der Waals surface area contributed by atoms with Gasteiger partial charge in [-0.05, 0) is 35.9 Å². The maximum atomic E-state index is 12.4. The Hall–Kier alpha value is -4.17. The standard InChI is InChI=1S/C23H20ClN7O/c24-18-10-6-9-17(13-18)23(32)30-29-21-20(25)22(28-15-27-21)31(19-11-4-5-12-26-19)14-16-7-2-1-3-8-16/h1-13,15H,14,25H2,(H,30,32)(H,27,28,29). The van der Waals surface area contributed by atoms with Crippen molar-refractivity contribution in [3.8, 4) is 0 Å². The Morgan fingerprint density at radius 1 is 0.969 bits per heavy atom. The minimum atomic E-state index is -0.377. The van der Waals surface area contributed by atoms with Gasteiger partial charge in [0, 0.05) is 16.8 Å². The minimum Gasteiger partial charge on any atom is -0.393 e. The second-order valence-electron chi connectivity index (χ2n) is 6.81. The summed E-state index contributed by atoms with van der Waals surface area (Å²) in [5.41, 5.74) is 13.5. The molecule has 2 aromatic heterocycles. The lowest BCUT2D eigenvalue weighted by Gasteiger charge is -2.24. The SMILES string of the molecule is Nc1c(NNC(=O)c2cccc(Cl)c2)ncnc1N(Cc1ccccc1)c1ccccn1. The molecule has 160 valence electrons. The first kappa shape index (κ1) is 21.1. The van der Waals surface area contributed by atoms with E-state index in [1.165, 1.54) is 6.33 Å². The zero-order chi connectivity index (χ0) is 22.3. The van der Waals surface area contributed by atoms with Crippen LogP contribution in [0.4, 0.5) is 23.1 Å². The molecule has 0 aliphatic rings.